The van der Waals surface area contributed by atoms with Gasteiger partial charge in [0, 0.05) is 13.8 Å². The Labute approximate surface area is 61.3 Å². The Bertz CT molecular complexity index is 99.0. The van der Waals surface area contributed by atoms with E-state index in [-0.39, 0.29) is 13.2 Å². The maximum absolute atomic E-state index is 8.39. The Kier molecular flexibility index (Phi) is 4.07. The fourth-order valence-corrected chi connectivity index (χ4v) is 0.526. The van der Waals surface area contributed by atoms with Crippen LogP contribution in [0.15, 0.2) is 12.8 Å². The van der Waals surface area contributed by atoms with Crippen LogP contribution in [0.4, 0.5) is 0 Å². The van der Waals surface area contributed by atoms with Gasteiger partial charge in [-0.2, -0.15) is 0 Å². The molecule has 0 spiro atoms. The molecule has 0 aromatic heterocycles. The third-order valence-corrected chi connectivity index (χ3v) is 0.908. The number of ether oxygens (including phenoxy) is 2. The summed E-state index contributed by atoms with van der Waals surface area (Å²) >= 11 is 0. The maximum atomic E-state index is 8.39. The summed E-state index contributed by atoms with van der Waals surface area (Å²) in [6.45, 7) is 7.18. The third kappa shape index (κ3) is 4.35. The first-order valence-electron chi connectivity index (χ1n) is 3.16. The molecule has 0 saturated heterocycles. The first kappa shape index (κ1) is 9.46. The van der Waals surface area contributed by atoms with Crippen LogP contribution in [0.5, 0.6) is 0 Å². The second-order valence-electron chi connectivity index (χ2n) is 2.26. The lowest BCUT2D eigenvalue weighted by Gasteiger charge is -2.23. The molecule has 0 unspecified atom stereocenters. The average molecular weight is 146 g/mol. The third-order valence-electron chi connectivity index (χ3n) is 0.908. The molecule has 0 atom stereocenters. The van der Waals surface area contributed by atoms with Gasteiger partial charge in [-0.25, -0.2) is 0 Å². The lowest BCUT2D eigenvalue weighted by Crippen LogP contribution is -2.27. The van der Waals surface area contributed by atoms with E-state index in [9.17, 15) is 0 Å². The summed E-state index contributed by atoms with van der Waals surface area (Å²) in [7, 11) is 0. The number of hydrogen-bond donors (Lipinski definition) is 1. The maximum Gasteiger partial charge on any atom is 0.203 e. The molecule has 0 aromatic rings. The molecule has 3 nitrogen and oxygen atoms in total. The Morgan fingerprint density at radius 3 is 2.60 bits per heavy atom. The van der Waals surface area contributed by atoms with Crippen LogP contribution in [0.25, 0.3) is 0 Å². The molecule has 60 valence electrons. The monoisotopic (exact) mass is 146 g/mol. The highest BCUT2D eigenvalue weighted by molar-refractivity contribution is 4.60. The number of hydrogen-bond acceptors (Lipinski definition) is 3. The van der Waals surface area contributed by atoms with Gasteiger partial charge in [-0.15, -0.1) is 0 Å². The predicted molar refractivity (Wildman–Crippen MR) is 38.4 cm³/mol. The van der Waals surface area contributed by atoms with E-state index >= 15 is 0 Å². The van der Waals surface area contributed by atoms with Crippen molar-refractivity contribution in [2.45, 2.75) is 19.6 Å². The van der Waals surface area contributed by atoms with Gasteiger partial charge >= 0.3 is 0 Å². The molecule has 0 aliphatic rings. The van der Waals surface area contributed by atoms with E-state index in [1.807, 2.05) is 0 Å². The molecule has 0 heterocycles. The quantitative estimate of drug-likeness (QED) is 0.462. The largest absolute Gasteiger partial charge is 0.471 e. The molecule has 3 heteroatoms. The average Bonchev–Trinajstić information content (AvgIpc) is 1.84. The summed E-state index contributed by atoms with van der Waals surface area (Å²) in [5.74, 6) is -0.676. The van der Waals surface area contributed by atoms with Crippen LogP contribution in [0.3, 0.4) is 0 Å². The van der Waals surface area contributed by atoms with Crippen LogP contribution in [0, 0.1) is 0 Å². The van der Waals surface area contributed by atoms with Crippen LogP contribution in [0.2, 0.25) is 0 Å². The zero-order valence-electron chi connectivity index (χ0n) is 6.46. The van der Waals surface area contributed by atoms with Crippen LogP contribution < -0.4 is 0 Å². The summed E-state index contributed by atoms with van der Waals surface area (Å²) in [5, 5.41) is 8.39. The summed E-state index contributed by atoms with van der Waals surface area (Å²) in [6.07, 6.45) is 1.32. The Hall–Kier alpha value is -0.540. The van der Waals surface area contributed by atoms with Crippen molar-refractivity contribution in [1.29, 1.82) is 0 Å². The van der Waals surface area contributed by atoms with E-state index in [4.69, 9.17) is 14.6 Å². The van der Waals surface area contributed by atoms with Crippen molar-refractivity contribution in [3.63, 3.8) is 0 Å². The summed E-state index contributed by atoms with van der Waals surface area (Å²) in [5.41, 5.74) is 0. The highest BCUT2D eigenvalue weighted by Crippen LogP contribution is 2.09. The molecule has 10 heavy (non-hydrogen) atoms. The van der Waals surface area contributed by atoms with Gasteiger partial charge in [0.25, 0.3) is 0 Å². The molecule has 1 N–H and O–H groups in total. The van der Waals surface area contributed by atoms with Crippen molar-refractivity contribution < 1.29 is 14.6 Å². The van der Waals surface area contributed by atoms with Gasteiger partial charge < -0.3 is 14.6 Å². The van der Waals surface area contributed by atoms with Gasteiger partial charge in [0.05, 0.1) is 19.5 Å². The van der Waals surface area contributed by atoms with Crippen molar-refractivity contribution >= 4 is 0 Å². The first-order chi connectivity index (χ1) is 4.62. The minimum absolute atomic E-state index is 0.00390. The van der Waals surface area contributed by atoms with Gasteiger partial charge in [-0.1, -0.05) is 6.58 Å². The number of aliphatic hydroxyl groups is 1. The van der Waals surface area contributed by atoms with Crippen LogP contribution >= 0.6 is 0 Å². The van der Waals surface area contributed by atoms with E-state index in [2.05, 4.69) is 6.58 Å². The van der Waals surface area contributed by atoms with Gasteiger partial charge in [-0.05, 0) is 0 Å². The topological polar surface area (TPSA) is 38.7 Å². The Morgan fingerprint density at radius 1 is 1.60 bits per heavy atom. The molecule has 0 radical (unpaired) electrons. The molecule has 0 aromatic carbocycles. The second kappa shape index (κ2) is 4.30. The zero-order valence-corrected chi connectivity index (χ0v) is 6.46. The second-order valence-corrected chi connectivity index (χ2v) is 2.26. The minimum Gasteiger partial charge on any atom is -0.471 e. The van der Waals surface area contributed by atoms with Crippen molar-refractivity contribution in [1.82, 2.24) is 0 Å². The lowest BCUT2D eigenvalue weighted by atomic mass is 10.4. The van der Waals surface area contributed by atoms with Gasteiger partial charge in [-0.3, -0.25) is 0 Å². The molecule has 0 bridgehead atoms. The van der Waals surface area contributed by atoms with Crippen LogP contribution in [-0.4, -0.2) is 24.1 Å². The fraction of sp³-hybridized carbons (Fsp3) is 0.714. The molecule has 0 aliphatic carbocycles. The van der Waals surface area contributed by atoms with Crippen molar-refractivity contribution in [2.75, 3.05) is 13.2 Å². The molecule has 0 saturated carbocycles. The van der Waals surface area contributed by atoms with E-state index in [0.717, 1.165) is 0 Å². The highest BCUT2D eigenvalue weighted by Gasteiger charge is 2.16. The van der Waals surface area contributed by atoms with E-state index in [1.54, 1.807) is 13.8 Å². The minimum atomic E-state index is -0.676. The van der Waals surface area contributed by atoms with Gasteiger partial charge in [0.15, 0.2) is 0 Å². The van der Waals surface area contributed by atoms with E-state index in [1.165, 1.54) is 6.26 Å². The number of rotatable bonds is 5. The highest BCUT2D eigenvalue weighted by atomic mass is 16.7. The normalized spacial score (nSPS) is 11.1. The smallest absolute Gasteiger partial charge is 0.203 e. The summed E-state index contributed by atoms with van der Waals surface area (Å²) in [4.78, 5) is 0. The van der Waals surface area contributed by atoms with Crippen LogP contribution in [0.1, 0.15) is 13.8 Å². The fourth-order valence-electron chi connectivity index (χ4n) is 0.526. The first-order valence-corrected chi connectivity index (χ1v) is 3.16. The summed E-state index contributed by atoms with van der Waals surface area (Å²) < 4.78 is 10.0. The summed E-state index contributed by atoms with van der Waals surface area (Å²) in [6, 6.07) is 0. The van der Waals surface area contributed by atoms with Crippen LogP contribution in [-0.2, 0) is 9.47 Å². The van der Waals surface area contributed by atoms with Crippen molar-refractivity contribution in [2.24, 2.45) is 0 Å². The molecule has 0 aliphatic heterocycles. The van der Waals surface area contributed by atoms with Gasteiger partial charge in [0.1, 0.15) is 0 Å². The molecule has 0 fully saturated rings. The SMILES string of the molecule is C=COC(C)(C)OCCO. The lowest BCUT2D eigenvalue weighted by molar-refractivity contribution is -0.185. The van der Waals surface area contributed by atoms with Crippen molar-refractivity contribution in [3.05, 3.63) is 12.8 Å². The predicted octanol–water partition coefficient (Wildman–Crippen LogP) is 0.891. The van der Waals surface area contributed by atoms with E-state index in [0.29, 0.717) is 0 Å². The molecule has 0 amide bonds. The molecular weight excluding hydrogens is 132 g/mol. The number of aliphatic hydroxyl groups excluding tert-OH is 1. The van der Waals surface area contributed by atoms with Gasteiger partial charge in [0.2, 0.25) is 5.79 Å². The van der Waals surface area contributed by atoms with Crippen molar-refractivity contribution in [3.8, 4) is 0 Å². The Balaban J connectivity index is 3.51. The molecule has 0 rings (SSSR count). The molecular formula is C7H14O3. The van der Waals surface area contributed by atoms with E-state index < -0.39 is 5.79 Å². The standard InChI is InChI=1S/C7H14O3/c1-4-9-7(2,3)10-6-5-8/h4,8H,1,5-6H2,2-3H3. The Morgan fingerprint density at radius 2 is 2.20 bits per heavy atom. The zero-order chi connectivity index (χ0) is 8.04.